The molecule has 0 radical (unpaired) electrons. The molecule has 0 N–H and O–H groups in total. The molecular formula is C19H29N5O2S. The number of amides is 1. The van der Waals surface area contributed by atoms with Crippen LogP contribution in [0.3, 0.4) is 0 Å². The summed E-state index contributed by atoms with van der Waals surface area (Å²) in [5.41, 5.74) is 1.66. The van der Waals surface area contributed by atoms with Gasteiger partial charge in [0, 0.05) is 56.6 Å². The van der Waals surface area contributed by atoms with Crippen LogP contribution < -0.4 is 4.74 Å². The van der Waals surface area contributed by atoms with E-state index in [4.69, 9.17) is 9.72 Å². The fourth-order valence-electron chi connectivity index (χ4n) is 3.19. The van der Waals surface area contributed by atoms with Gasteiger partial charge in [0.1, 0.15) is 0 Å². The zero-order valence-corrected chi connectivity index (χ0v) is 17.7. The number of aromatic nitrogens is 3. The van der Waals surface area contributed by atoms with Crippen LogP contribution in [0.2, 0.25) is 0 Å². The van der Waals surface area contributed by atoms with E-state index in [0.29, 0.717) is 18.1 Å². The standard InChI is InChI=1S/C19H29N5O2S/c1-19(2,3)18-20-14(13-27-18)12-23-7-6-8-24(10-9-23)17(25)15-11-16(26-5)22(4)21-15/h11,13H,6-10,12H2,1-5H3. The molecule has 0 bridgehead atoms. The molecule has 1 aliphatic rings. The molecule has 1 saturated heterocycles. The van der Waals surface area contributed by atoms with E-state index in [1.54, 1.807) is 36.2 Å². The highest BCUT2D eigenvalue weighted by molar-refractivity contribution is 7.09. The van der Waals surface area contributed by atoms with Crippen LogP contribution in [0.1, 0.15) is 48.4 Å². The number of rotatable bonds is 4. The Morgan fingerprint density at radius 3 is 2.67 bits per heavy atom. The molecule has 1 amide bonds. The lowest BCUT2D eigenvalue weighted by Gasteiger charge is -2.21. The molecule has 27 heavy (non-hydrogen) atoms. The second-order valence-electron chi connectivity index (χ2n) is 8.01. The third-order valence-electron chi connectivity index (χ3n) is 4.72. The summed E-state index contributed by atoms with van der Waals surface area (Å²) in [6.07, 6.45) is 0.950. The lowest BCUT2D eigenvalue weighted by molar-refractivity contribution is 0.0754. The first kappa shape index (κ1) is 19.8. The maximum absolute atomic E-state index is 12.8. The Morgan fingerprint density at radius 2 is 2.04 bits per heavy atom. The molecule has 148 valence electrons. The molecule has 7 nitrogen and oxygen atoms in total. The predicted molar refractivity (Wildman–Crippen MR) is 106 cm³/mol. The summed E-state index contributed by atoms with van der Waals surface area (Å²) in [5.74, 6) is 0.562. The van der Waals surface area contributed by atoms with Crippen LogP contribution in [0, 0.1) is 0 Å². The third-order valence-corrected chi connectivity index (χ3v) is 6.04. The maximum Gasteiger partial charge on any atom is 0.274 e. The number of carbonyl (C=O) groups excluding carboxylic acids is 1. The molecule has 8 heteroatoms. The van der Waals surface area contributed by atoms with Gasteiger partial charge in [-0.2, -0.15) is 5.10 Å². The van der Waals surface area contributed by atoms with Crippen LogP contribution in [0.5, 0.6) is 5.88 Å². The summed E-state index contributed by atoms with van der Waals surface area (Å²) in [6.45, 7) is 10.7. The summed E-state index contributed by atoms with van der Waals surface area (Å²) >= 11 is 1.73. The van der Waals surface area contributed by atoms with Gasteiger partial charge in [-0.3, -0.25) is 9.69 Å². The second-order valence-corrected chi connectivity index (χ2v) is 8.87. The molecular weight excluding hydrogens is 362 g/mol. The molecule has 3 heterocycles. The third kappa shape index (κ3) is 4.68. The molecule has 0 atom stereocenters. The smallest absolute Gasteiger partial charge is 0.274 e. The van der Waals surface area contributed by atoms with Crippen molar-refractivity contribution < 1.29 is 9.53 Å². The normalized spacial score (nSPS) is 16.4. The van der Waals surface area contributed by atoms with Crippen molar-refractivity contribution in [1.82, 2.24) is 24.6 Å². The first-order valence-corrected chi connectivity index (χ1v) is 10.2. The van der Waals surface area contributed by atoms with Crippen molar-refractivity contribution in [3.63, 3.8) is 0 Å². The number of nitrogens with zero attached hydrogens (tertiary/aromatic N) is 5. The molecule has 0 saturated carbocycles. The zero-order valence-electron chi connectivity index (χ0n) is 16.9. The SMILES string of the molecule is COc1cc(C(=O)N2CCCN(Cc3csc(C(C)(C)C)n3)CC2)nn1C. The number of methoxy groups -OCH3 is 1. The average Bonchev–Trinajstić information content (AvgIpc) is 3.16. The lowest BCUT2D eigenvalue weighted by Crippen LogP contribution is -2.35. The monoisotopic (exact) mass is 391 g/mol. The molecule has 0 unspecified atom stereocenters. The number of carbonyl (C=O) groups is 1. The van der Waals surface area contributed by atoms with E-state index in [9.17, 15) is 4.79 Å². The van der Waals surface area contributed by atoms with Crippen LogP contribution in [0.25, 0.3) is 0 Å². The van der Waals surface area contributed by atoms with Crippen LogP contribution in [0.4, 0.5) is 0 Å². The van der Waals surface area contributed by atoms with Crippen molar-refractivity contribution in [3.8, 4) is 5.88 Å². The van der Waals surface area contributed by atoms with Crippen molar-refractivity contribution in [2.75, 3.05) is 33.3 Å². The highest BCUT2D eigenvalue weighted by atomic mass is 32.1. The largest absolute Gasteiger partial charge is 0.481 e. The maximum atomic E-state index is 12.8. The molecule has 3 rings (SSSR count). The van der Waals surface area contributed by atoms with Gasteiger partial charge in [0.2, 0.25) is 5.88 Å². The quantitative estimate of drug-likeness (QED) is 0.801. The lowest BCUT2D eigenvalue weighted by atomic mass is 9.98. The van der Waals surface area contributed by atoms with Crippen LogP contribution >= 0.6 is 11.3 Å². The minimum atomic E-state index is -0.0283. The summed E-state index contributed by atoms with van der Waals surface area (Å²) < 4.78 is 6.80. The summed E-state index contributed by atoms with van der Waals surface area (Å²) in [7, 11) is 3.36. The molecule has 0 aliphatic carbocycles. The molecule has 2 aromatic rings. The second kappa shape index (κ2) is 7.98. The van der Waals surface area contributed by atoms with Gasteiger partial charge >= 0.3 is 0 Å². The van der Waals surface area contributed by atoms with Gasteiger partial charge in [-0.1, -0.05) is 20.8 Å². The molecule has 0 spiro atoms. The average molecular weight is 392 g/mol. The topological polar surface area (TPSA) is 63.5 Å². The van der Waals surface area contributed by atoms with E-state index in [0.717, 1.165) is 38.3 Å². The van der Waals surface area contributed by atoms with Crippen LogP contribution in [0.15, 0.2) is 11.4 Å². The Balaban J connectivity index is 1.60. The van der Waals surface area contributed by atoms with Gasteiger partial charge in [0.25, 0.3) is 5.91 Å². The number of aryl methyl sites for hydroxylation is 1. The highest BCUT2D eigenvalue weighted by Gasteiger charge is 2.24. The van der Waals surface area contributed by atoms with Crippen molar-refractivity contribution in [1.29, 1.82) is 0 Å². The van der Waals surface area contributed by atoms with Crippen molar-refractivity contribution >= 4 is 17.2 Å². The summed E-state index contributed by atoms with van der Waals surface area (Å²) in [4.78, 5) is 21.9. The van der Waals surface area contributed by atoms with Crippen LogP contribution in [-0.2, 0) is 19.0 Å². The minimum Gasteiger partial charge on any atom is -0.481 e. The number of ether oxygens (including phenoxy) is 1. The van der Waals surface area contributed by atoms with Gasteiger partial charge in [0.05, 0.1) is 17.8 Å². The van der Waals surface area contributed by atoms with E-state index < -0.39 is 0 Å². The number of thiazole rings is 1. The van der Waals surface area contributed by atoms with Crippen LogP contribution in [-0.4, -0.2) is 63.8 Å². The van der Waals surface area contributed by atoms with Gasteiger partial charge in [-0.05, 0) is 6.42 Å². The van der Waals surface area contributed by atoms with Gasteiger partial charge in [-0.15, -0.1) is 11.3 Å². The van der Waals surface area contributed by atoms with E-state index >= 15 is 0 Å². The van der Waals surface area contributed by atoms with Crippen molar-refractivity contribution in [3.05, 3.63) is 27.8 Å². The fraction of sp³-hybridized carbons (Fsp3) is 0.632. The Bertz CT molecular complexity index is 792. The fourth-order valence-corrected chi connectivity index (χ4v) is 4.09. The Hall–Kier alpha value is -1.93. The highest BCUT2D eigenvalue weighted by Crippen LogP contribution is 2.26. The predicted octanol–water partition coefficient (Wildman–Crippen LogP) is 2.53. The van der Waals surface area contributed by atoms with E-state index in [1.165, 1.54) is 5.01 Å². The number of hydrogen-bond acceptors (Lipinski definition) is 6. The van der Waals surface area contributed by atoms with Gasteiger partial charge < -0.3 is 9.64 Å². The molecule has 2 aromatic heterocycles. The Morgan fingerprint density at radius 1 is 1.26 bits per heavy atom. The van der Waals surface area contributed by atoms with Gasteiger partial charge in [-0.25, -0.2) is 9.67 Å². The molecule has 1 fully saturated rings. The Kier molecular flexibility index (Phi) is 5.86. The zero-order chi connectivity index (χ0) is 19.6. The van der Waals surface area contributed by atoms with E-state index in [-0.39, 0.29) is 11.3 Å². The van der Waals surface area contributed by atoms with Crippen molar-refractivity contribution in [2.45, 2.75) is 39.2 Å². The number of hydrogen-bond donors (Lipinski definition) is 0. The first-order chi connectivity index (χ1) is 12.8. The van der Waals surface area contributed by atoms with Crippen molar-refractivity contribution in [2.24, 2.45) is 7.05 Å². The summed E-state index contributed by atoms with van der Waals surface area (Å²) in [5, 5.41) is 7.61. The Labute approximate surface area is 164 Å². The van der Waals surface area contributed by atoms with Gasteiger partial charge in [0.15, 0.2) is 5.69 Å². The van der Waals surface area contributed by atoms with E-state index in [2.05, 4.69) is 36.1 Å². The van der Waals surface area contributed by atoms with E-state index in [1.807, 2.05) is 4.90 Å². The molecule has 0 aromatic carbocycles. The minimum absolute atomic E-state index is 0.0283. The summed E-state index contributed by atoms with van der Waals surface area (Å²) in [6, 6.07) is 1.70. The molecule has 1 aliphatic heterocycles. The first-order valence-electron chi connectivity index (χ1n) is 9.32.